The first-order valence-electron chi connectivity index (χ1n) is 5.29. The second kappa shape index (κ2) is 3.75. The molecule has 0 saturated heterocycles. The van der Waals surface area contributed by atoms with Crippen molar-refractivity contribution >= 4 is 22.6 Å². The summed E-state index contributed by atoms with van der Waals surface area (Å²) in [6.07, 6.45) is 1.85. The molecule has 0 aliphatic heterocycles. The second-order valence-electron chi connectivity index (χ2n) is 4.92. The minimum atomic E-state index is -0.00863. The highest BCUT2D eigenvalue weighted by Gasteiger charge is 2.17. The summed E-state index contributed by atoms with van der Waals surface area (Å²) in [4.78, 5) is 4.42. The lowest BCUT2D eigenvalue weighted by Crippen LogP contribution is -2.20. The number of nitrogens with two attached hydrogens (primary N) is 1. The monoisotopic (exact) mass is 237 g/mol. The molecule has 1 aromatic heterocycles. The number of hydrogen-bond donors (Lipinski definition) is 1. The van der Waals surface area contributed by atoms with Gasteiger partial charge in [-0.2, -0.15) is 0 Å². The maximum atomic E-state index is 6.08. The van der Waals surface area contributed by atoms with Crippen LogP contribution in [-0.4, -0.2) is 9.55 Å². The summed E-state index contributed by atoms with van der Waals surface area (Å²) in [6.45, 7) is 6.86. The van der Waals surface area contributed by atoms with Crippen molar-refractivity contribution in [2.24, 2.45) is 5.73 Å². The molecule has 2 N–H and O–H groups in total. The molecular formula is C12H16ClN3. The number of fused-ring (bicyclic) bond motifs is 1. The number of rotatable bonds is 1. The third-order valence-corrected chi connectivity index (χ3v) is 2.86. The van der Waals surface area contributed by atoms with Gasteiger partial charge in [0, 0.05) is 17.1 Å². The fourth-order valence-electron chi connectivity index (χ4n) is 1.84. The molecule has 0 amide bonds. The second-order valence-corrected chi connectivity index (χ2v) is 5.36. The molecule has 3 nitrogen and oxygen atoms in total. The third-order valence-electron chi connectivity index (χ3n) is 2.64. The Morgan fingerprint density at radius 2 is 2.06 bits per heavy atom. The molecule has 86 valence electrons. The fraction of sp³-hybridized carbons (Fsp3) is 0.417. The van der Waals surface area contributed by atoms with Crippen LogP contribution in [0.2, 0.25) is 5.02 Å². The van der Waals surface area contributed by atoms with E-state index in [1.165, 1.54) is 0 Å². The standard InChI is InChI=1S/C12H16ClN3/c1-12(2,3)16-7-15-11-8(6-14)4-9(13)5-10(11)16/h4-5,7H,6,14H2,1-3H3. The molecule has 0 fully saturated rings. The van der Waals surface area contributed by atoms with E-state index in [1.54, 1.807) is 0 Å². The topological polar surface area (TPSA) is 43.8 Å². The number of hydrogen-bond acceptors (Lipinski definition) is 2. The van der Waals surface area contributed by atoms with E-state index in [4.69, 9.17) is 17.3 Å². The van der Waals surface area contributed by atoms with Gasteiger partial charge < -0.3 is 10.3 Å². The highest BCUT2D eigenvalue weighted by molar-refractivity contribution is 6.31. The minimum absolute atomic E-state index is 0.00863. The van der Waals surface area contributed by atoms with E-state index in [9.17, 15) is 0 Å². The number of nitrogens with zero attached hydrogens (tertiary/aromatic N) is 2. The largest absolute Gasteiger partial charge is 0.326 e. The molecule has 0 bridgehead atoms. The van der Waals surface area contributed by atoms with Gasteiger partial charge in [-0.25, -0.2) is 4.98 Å². The van der Waals surface area contributed by atoms with E-state index in [0.29, 0.717) is 11.6 Å². The van der Waals surface area contributed by atoms with Gasteiger partial charge in [0.15, 0.2) is 0 Å². The Balaban J connectivity index is 2.77. The summed E-state index contributed by atoms with van der Waals surface area (Å²) in [7, 11) is 0. The molecular weight excluding hydrogens is 222 g/mol. The van der Waals surface area contributed by atoms with Gasteiger partial charge in [0.25, 0.3) is 0 Å². The predicted octanol–water partition coefficient (Wildman–Crippen LogP) is 2.90. The van der Waals surface area contributed by atoms with Gasteiger partial charge in [0.1, 0.15) is 0 Å². The van der Waals surface area contributed by atoms with Crippen LogP contribution in [0.3, 0.4) is 0 Å². The van der Waals surface area contributed by atoms with E-state index in [0.717, 1.165) is 16.6 Å². The first-order chi connectivity index (χ1) is 7.43. The van der Waals surface area contributed by atoms with Gasteiger partial charge in [0.2, 0.25) is 0 Å². The molecule has 0 unspecified atom stereocenters. The SMILES string of the molecule is CC(C)(C)n1cnc2c(CN)cc(Cl)cc21. The van der Waals surface area contributed by atoms with Crippen molar-refractivity contribution in [3.8, 4) is 0 Å². The summed E-state index contributed by atoms with van der Waals surface area (Å²) in [5.74, 6) is 0. The Labute approximate surface area is 100 Å². The van der Waals surface area contributed by atoms with Crippen LogP contribution >= 0.6 is 11.6 Å². The van der Waals surface area contributed by atoms with E-state index in [1.807, 2.05) is 18.5 Å². The van der Waals surface area contributed by atoms with Crippen LogP contribution in [-0.2, 0) is 12.1 Å². The molecule has 0 aliphatic rings. The summed E-state index contributed by atoms with van der Waals surface area (Å²) in [5, 5.41) is 0.707. The van der Waals surface area contributed by atoms with Crippen molar-refractivity contribution in [3.63, 3.8) is 0 Å². The highest BCUT2D eigenvalue weighted by atomic mass is 35.5. The maximum absolute atomic E-state index is 6.08. The molecule has 4 heteroatoms. The zero-order valence-electron chi connectivity index (χ0n) is 9.79. The maximum Gasteiger partial charge on any atom is 0.0963 e. The van der Waals surface area contributed by atoms with Crippen molar-refractivity contribution in [2.45, 2.75) is 32.9 Å². The van der Waals surface area contributed by atoms with Gasteiger partial charge in [-0.15, -0.1) is 0 Å². The summed E-state index contributed by atoms with van der Waals surface area (Å²) in [6, 6.07) is 3.82. The number of aromatic nitrogens is 2. The Bertz CT molecular complexity index is 523. The van der Waals surface area contributed by atoms with E-state index >= 15 is 0 Å². The molecule has 0 atom stereocenters. The highest BCUT2D eigenvalue weighted by Crippen LogP contribution is 2.27. The lowest BCUT2D eigenvalue weighted by Gasteiger charge is -2.21. The molecule has 0 saturated carbocycles. The van der Waals surface area contributed by atoms with Crippen LogP contribution in [0.25, 0.3) is 11.0 Å². The van der Waals surface area contributed by atoms with Crippen molar-refractivity contribution in [1.82, 2.24) is 9.55 Å². The number of benzene rings is 1. The van der Waals surface area contributed by atoms with Crippen molar-refractivity contribution < 1.29 is 0 Å². The van der Waals surface area contributed by atoms with Gasteiger partial charge >= 0.3 is 0 Å². The fourth-order valence-corrected chi connectivity index (χ4v) is 2.08. The van der Waals surface area contributed by atoms with Crippen LogP contribution in [0.1, 0.15) is 26.3 Å². The van der Waals surface area contributed by atoms with Crippen LogP contribution in [0.4, 0.5) is 0 Å². The van der Waals surface area contributed by atoms with Gasteiger partial charge in [0.05, 0.1) is 17.4 Å². The van der Waals surface area contributed by atoms with Gasteiger partial charge in [-0.3, -0.25) is 0 Å². The van der Waals surface area contributed by atoms with Crippen molar-refractivity contribution in [1.29, 1.82) is 0 Å². The lowest BCUT2D eigenvalue weighted by molar-refractivity contribution is 0.408. The predicted molar refractivity (Wildman–Crippen MR) is 67.6 cm³/mol. The molecule has 16 heavy (non-hydrogen) atoms. The number of imidazole rings is 1. The minimum Gasteiger partial charge on any atom is -0.326 e. The Morgan fingerprint density at radius 1 is 1.38 bits per heavy atom. The van der Waals surface area contributed by atoms with Gasteiger partial charge in [-0.1, -0.05) is 11.6 Å². The van der Waals surface area contributed by atoms with Crippen molar-refractivity contribution in [2.75, 3.05) is 0 Å². The zero-order valence-corrected chi connectivity index (χ0v) is 10.5. The molecule has 1 heterocycles. The van der Waals surface area contributed by atoms with Crippen LogP contribution in [0.5, 0.6) is 0 Å². The Hall–Kier alpha value is -1.06. The summed E-state index contributed by atoms with van der Waals surface area (Å²) >= 11 is 6.08. The molecule has 2 aromatic rings. The zero-order chi connectivity index (χ0) is 11.9. The normalized spacial score (nSPS) is 12.3. The third kappa shape index (κ3) is 1.81. The van der Waals surface area contributed by atoms with E-state index < -0.39 is 0 Å². The lowest BCUT2D eigenvalue weighted by atomic mass is 10.1. The molecule has 2 rings (SSSR count). The average molecular weight is 238 g/mol. The average Bonchev–Trinajstić information content (AvgIpc) is 2.58. The molecule has 0 aliphatic carbocycles. The van der Waals surface area contributed by atoms with E-state index in [-0.39, 0.29) is 5.54 Å². The van der Waals surface area contributed by atoms with Crippen LogP contribution in [0.15, 0.2) is 18.5 Å². The molecule has 1 aromatic carbocycles. The summed E-state index contributed by atoms with van der Waals surface area (Å²) < 4.78 is 2.12. The first-order valence-corrected chi connectivity index (χ1v) is 5.67. The quantitative estimate of drug-likeness (QED) is 0.829. The molecule has 0 radical (unpaired) electrons. The number of halogens is 1. The van der Waals surface area contributed by atoms with Crippen LogP contribution in [0, 0.1) is 0 Å². The Morgan fingerprint density at radius 3 is 2.62 bits per heavy atom. The summed E-state index contributed by atoms with van der Waals surface area (Å²) in [5.41, 5.74) is 8.67. The van der Waals surface area contributed by atoms with Crippen molar-refractivity contribution in [3.05, 3.63) is 29.0 Å². The first kappa shape index (κ1) is 11.4. The van der Waals surface area contributed by atoms with Crippen LogP contribution < -0.4 is 5.73 Å². The smallest absolute Gasteiger partial charge is 0.0963 e. The molecule has 0 spiro atoms. The van der Waals surface area contributed by atoms with E-state index in [2.05, 4.69) is 30.3 Å². The Kier molecular flexibility index (Phi) is 2.68. The van der Waals surface area contributed by atoms with Gasteiger partial charge in [-0.05, 0) is 38.5 Å².